The summed E-state index contributed by atoms with van der Waals surface area (Å²) in [5, 5.41) is 2.03. The smallest absolute Gasteiger partial charge is 0.335 e. The molecular weight excluding hydrogens is 377 g/mol. The molecule has 0 aliphatic carbocycles. The normalized spacial score (nSPS) is 12.7. The van der Waals surface area contributed by atoms with Crippen LogP contribution in [0.3, 0.4) is 0 Å². The standard InChI is InChI=1S/C21H22NO5P/c1-22(21(23)19-12-11-16-7-5-6-10-18(16)15-19)20(13-14-27-28(24,25)26)17-8-3-2-4-9-17/h2-12,15,20H,13-14H2,1H3,(H2,24,25,26). The van der Waals surface area contributed by atoms with Gasteiger partial charge >= 0.3 is 7.82 Å². The summed E-state index contributed by atoms with van der Waals surface area (Å²) in [6.07, 6.45) is 0.255. The number of phosphoric ester groups is 1. The number of nitrogens with zero attached hydrogens (tertiary/aromatic N) is 1. The van der Waals surface area contributed by atoms with Crippen LogP contribution in [-0.4, -0.2) is 34.2 Å². The van der Waals surface area contributed by atoms with Gasteiger partial charge in [-0.3, -0.25) is 9.32 Å². The lowest BCUT2D eigenvalue weighted by Gasteiger charge is -2.29. The summed E-state index contributed by atoms with van der Waals surface area (Å²) in [4.78, 5) is 32.6. The minimum absolute atomic E-state index is 0.167. The van der Waals surface area contributed by atoms with Gasteiger partial charge in [-0.15, -0.1) is 0 Å². The summed E-state index contributed by atoms with van der Waals surface area (Å²) in [5.74, 6) is -0.171. The maximum absolute atomic E-state index is 13.1. The summed E-state index contributed by atoms with van der Waals surface area (Å²) in [7, 11) is -2.87. The van der Waals surface area contributed by atoms with E-state index >= 15 is 0 Å². The van der Waals surface area contributed by atoms with E-state index in [1.54, 1.807) is 18.0 Å². The molecule has 0 radical (unpaired) electrons. The van der Waals surface area contributed by atoms with Crippen LogP contribution in [0.25, 0.3) is 10.8 Å². The number of amides is 1. The Hall–Kier alpha value is -2.50. The van der Waals surface area contributed by atoms with E-state index in [1.165, 1.54) is 0 Å². The van der Waals surface area contributed by atoms with Crippen molar-refractivity contribution in [3.63, 3.8) is 0 Å². The highest BCUT2D eigenvalue weighted by Gasteiger charge is 2.24. The number of carbonyl (C=O) groups is 1. The molecule has 1 unspecified atom stereocenters. The number of hydrogen-bond donors (Lipinski definition) is 2. The lowest BCUT2D eigenvalue weighted by Crippen LogP contribution is -2.32. The fourth-order valence-electron chi connectivity index (χ4n) is 3.21. The molecule has 28 heavy (non-hydrogen) atoms. The summed E-state index contributed by atoms with van der Waals surface area (Å²) in [5.41, 5.74) is 1.42. The molecule has 146 valence electrons. The maximum Gasteiger partial charge on any atom is 0.469 e. The van der Waals surface area contributed by atoms with Crippen molar-refractivity contribution in [2.24, 2.45) is 0 Å². The molecule has 0 aromatic heterocycles. The van der Waals surface area contributed by atoms with Gasteiger partial charge in [0.2, 0.25) is 0 Å². The molecule has 0 saturated carbocycles. The average Bonchev–Trinajstić information content (AvgIpc) is 2.69. The van der Waals surface area contributed by atoms with Gasteiger partial charge in [0.15, 0.2) is 0 Å². The molecule has 3 rings (SSSR count). The van der Waals surface area contributed by atoms with E-state index in [2.05, 4.69) is 4.52 Å². The zero-order valence-corrected chi connectivity index (χ0v) is 16.3. The lowest BCUT2D eigenvalue weighted by molar-refractivity contribution is 0.0703. The van der Waals surface area contributed by atoms with E-state index in [4.69, 9.17) is 9.79 Å². The van der Waals surface area contributed by atoms with Crippen molar-refractivity contribution < 1.29 is 23.7 Å². The van der Waals surface area contributed by atoms with Gasteiger partial charge in [-0.1, -0.05) is 60.7 Å². The molecule has 6 nitrogen and oxygen atoms in total. The predicted octanol–water partition coefficient (Wildman–Crippen LogP) is 4.15. The van der Waals surface area contributed by atoms with Gasteiger partial charge in [0.1, 0.15) is 0 Å². The van der Waals surface area contributed by atoms with E-state index < -0.39 is 7.82 Å². The van der Waals surface area contributed by atoms with Crippen LogP contribution in [0.4, 0.5) is 0 Å². The van der Waals surface area contributed by atoms with Crippen molar-refractivity contribution in [1.29, 1.82) is 0 Å². The molecule has 0 saturated heterocycles. The zero-order chi connectivity index (χ0) is 20.1. The van der Waals surface area contributed by atoms with Gasteiger partial charge in [0.05, 0.1) is 12.6 Å². The van der Waals surface area contributed by atoms with E-state index in [9.17, 15) is 9.36 Å². The molecule has 0 aliphatic rings. The third-order valence-electron chi connectivity index (χ3n) is 4.62. The zero-order valence-electron chi connectivity index (χ0n) is 15.4. The Balaban J connectivity index is 1.85. The number of rotatable bonds is 7. The lowest BCUT2D eigenvalue weighted by atomic mass is 10.0. The number of hydrogen-bond acceptors (Lipinski definition) is 3. The second-order valence-electron chi connectivity index (χ2n) is 6.52. The predicted molar refractivity (Wildman–Crippen MR) is 108 cm³/mol. The van der Waals surface area contributed by atoms with Gasteiger partial charge in [0, 0.05) is 12.6 Å². The van der Waals surface area contributed by atoms with E-state index in [0.29, 0.717) is 5.56 Å². The molecule has 3 aromatic carbocycles. The first-order valence-corrected chi connectivity index (χ1v) is 10.4. The van der Waals surface area contributed by atoms with Crippen LogP contribution < -0.4 is 0 Å². The monoisotopic (exact) mass is 399 g/mol. The van der Waals surface area contributed by atoms with Crippen LogP contribution in [0.5, 0.6) is 0 Å². The Morgan fingerprint density at radius 3 is 2.32 bits per heavy atom. The van der Waals surface area contributed by atoms with Crippen LogP contribution in [0, 0.1) is 0 Å². The Morgan fingerprint density at radius 2 is 1.64 bits per heavy atom. The average molecular weight is 399 g/mol. The molecule has 0 aliphatic heterocycles. The van der Waals surface area contributed by atoms with Crippen molar-refractivity contribution >= 4 is 24.5 Å². The molecule has 0 fully saturated rings. The summed E-state index contributed by atoms with van der Waals surface area (Å²) >= 11 is 0. The summed E-state index contributed by atoms with van der Waals surface area (Å²) in [6.45, 7) is -0.167. The third kappa shape index (κ3) is 5.06. The summed E-state index contributed by atoms with van der Waals surface area (Å²) < 4.78 is 15.6. The SMILES string of the molecule is CN(C(=O)c1ccc2ccccc2c1)C(CCOP(=O)(O)O)c1ccccc1. The molecule has 0 bridgehead atoms. The van der Waals surface area contributed by atoms with Gasteiger partial charge < -0.3 is 14.7 Å². The van der Waals surface area contributed by atoms with Gasteiger partial charge in [-0.05, 0) is 34.9 Å². The molecule has 3 aromatic rings. The van der Waals surface area contributed by atoms with Gasteiger partial charge in [-0.25, -0.2) is 4.57 Å². The van der Waals surface area contributed by atoms with Crippen molar-refractivity contribution in [1.82, 2.24) is 4.90 Å². The molecule has 2 N–H and O–H groups in total. The van der Waals surface area contributed by atoms with Crippen LogP contribution in [-0.2, 0) is 9.09 Å². The van der Waals surface area contributed by atoms with Crippen LogP contribution in [0.2, 0.25) is 0 Å². The maximum atomic E-state index is 13.1. The van der Waals surface area contributed by atoms with Crippen molar-refractivity contribution in [2.45, 2.75) is 12.5 Å². The summed E-state index contributed by atoms with van der Waals surface area (Å²) in [6, 6.07) is 22.3. The first kappa shape index (κ1) is 20.2. The van der Waals surface area contributed by atoms with Crippen molar-refractivity contribution in [2.75, 3.05) is 13.7 Å². The highest BCUT2D eigenvalue weighted by molar-refractivity contribution is 7.46. The molecule has 1 amide bonds. The van der Waals surface area contributed by atoms with E-state index in [0.717, 1.165) is 16.3 Å². The molecule has 1 atom stereocenters. The Bertz CT molecular complexity index is 1000. The second kappa shape index (κ2) is 8.67. The fourth-order valence-corrected chi connectivity index (χ4v) is 3.55. The third-order valence-corrected chi connectivity index (χ3v) is 5.14. The van der Waals surface area contributed by atoms with Crippen LogP contribution in [0.15, 0.2) is 72.8 Å². The highest BCUT2D eigenvalue weighted by Crippen LogP contribution is 2.37. The van der Waals surface area contributed by atoms with Crippen LogP contribution >= 0.6 is 7.82 Å². The van der Waals surface area contributed by atoms with E-state index in [1.807, 2.05) is 66.7 Å². The minimum atomic E-state index is -4.56. The molecular formula is C21H22NO5P. The van der Waals surface area contributed by atoms with Crippen molar-refractivity contribution in [3.05, 3.63) is 83.9 Å². The number of phosphoric acid groups is 1. The minimum Gasteiger partial charge on any atom is -0.335 e. The van der Waals surface area contributed by atoms with Gasteiger partial charge in [0.25, 0.3) is 5.91 Å². The Labute approximate surface area is 163 Å². The Morgan fingerprint density at radius 1 is 1.00 bits per heavy atom. The van der Waals surface area contributed by atoms with E-state index in [-0.39, 0.29) is 25.0 Å². The molecule has 0 spiro atoms. The second-order valence-corrected chi connectivity index (χ2v) is 7.76. The molecule has 0 heterocycles. The Kier molecular flexibility index (Phi) is 6.27. The topological polar surface area (TPSA) is 87.1 Å². The van der Waals surface area contributed by atoms with Crippen LogP contribution in [0.1, 0.15) is 28.4 Å². The molecule has 7 heteroatoms. The van der Waals surface area contributed by atoms with Gasteiger partial charge in [-0.2, -0.15) is 0 Å². The number of benzene rings is 3. The highest BCUT2D eigenvalue weighted by atomic mass is 31.2. The van der Waals surface area contributed by atoms with Crippen molar-refractivity contribution in [3.8, 4) is 0 Å². The number of carbonyl (C=O) groups excluding carboxylic acids is 1. The number of fused-ring (bicyclic) bond motifs is 1. The first-order valence-electron chi connectivity index (χ1n) is 8.86. The fraction of sp³-hybridized carbons (Fsp3) is 0.190. The largest absolute Gasteiger partial charge is 0.469 e. The first-order chi connectivity index (χ1) is 13.3. The quantitative estimate of drug-likeness (QED) is 0.583.